The van der Waals surface area contributed by atoms with Crippen LogP contribution < -0.4 is 20.1 Å². The molecule has 0 saturated heterocycles. The lowest BCUT2D eigenvalue weighted by Crippen LogP contribution is -2.13. The van der Waals surface area contributed by atoms with E-state index in [1.54, 1.807) is 50.6 Å². The molecule has 2 aromatic rings. The van der Waals surface area contributed by atoms with Crippen LogP contribution >= 0.6 is 0 Å². The van der Waals surface area contributed by atoms with E-state index in [0.29, 0.717) is 28.4 Å². The molecule has 2 N–H and O–H groups in total. The zero-order valence-electron chi connectivity index (χ0n) is 14.1. The maximum Gasteiger partial charge on any atom is 0.255 e. The third-order valence-corrected chi connectivity index (χ3v) is 3.46. The Hall–Kier alpha value is -3.02. The summed E-state index contributed by atoms with van der Waals surface area (Å²) < 4.78 is 10.6. The van der Waals surface area contributed by atoms with Crippen molar-refractivity contribution >= 4 is 23.2 Å². The number of amides is 2. The molecule has 0 heterocycles. The first kappa shape index (κ1) is 17.3. The van der Waals surface area contributed by atoms with Gasteiger partial charge in [0.25, 0.3) is 5.91 Å². The SMILES string of the molecule is COc1cc(C(=O)Nc2cccc(NC(C)=O)c2)cc(OC)c1C. The maximum absolute atomic E-state index is 12.5. The maximum atomic E-state index is 12.5. The molecule has 6 heteroatoms. The van der Waals surface area contributed by atoms with Gasteiger partial charge in [-0.05, 0) is 37.3 Å². The normalized spacial score (nSPS) is 10.0. The van der Waals surface area contributed by atoms with Crippen molar-refractivity contribution < 1.29 is 19.1 Å². The topological polar surface area (TPSA) is 76.7 Å². The average Bonchev–Trinajstić information content (AvgIpc) is 2.54. The van der Waals surface area contributed by atoms with Crippen LogP contribution in [0.2, 0.25) is 0 Å². The Morgan fingerprint density at radius 3 is 1.96 bits per heavy atom. The fourth-order valence-corrected chi connectivity index (χ4v) is 2.30. The Balaban J connectivity index is 2.25. The number of carbonyl (C=O) groups excluding carboxylic acids is 2. The molecule has 126 valence electrons. The molecule has 0 aromatic heterocycles. The highest BCUT2D eigenvalue weighted by Crippen LogP contribution is 2.30. The van der Waals surface area contributed by atoms with Crippen molar-refractivity contribution in [2.24, 2.45) is 0 Å². The number of anilines is 2. The number of methoxy groups -OCH3 is 2. The smallest absolute Gasteiger partial charge is 0.255 e. The average molecular weight is 328 g/mol. The van der Waals surface area contributed by atoms with E-state index in [2.05, 4.69) is 10.6 Å². The number of benzene rings is 2. The molecule has 0 unspecified atom stereocenters. The summed E-state index contributed by atoms with van der Waals surface area (Å²) >= 11 is 0. The quantitative estimate of drug-likeness (QED) is 0.883. The molecule has 0 aliphatic carbocycles. The van der Waals surface area contributed by atoms with Gasteiger partial charge in [-0.1, -0.05) is 6.07 Å². The number of hydrogen-bond donors (Lipinski definition) is 2. The van der Waals surface area contributed by atoms with E-state index >= 15 is 0 Å². The van der Waals surface area contributed by atoms with Crippen LogP contribution in [0.15, 0.2) is 36.4 Å². The summed E-state index contributed by atoms with van der Waals surface area (Å²) in [5, 5.41) is 5.46. The van der Waals surface area contributed by atoms with Gasteiger partial charge < -0.3 is 20.1 Å². The first-order valence-electron chi connectivity index (χ1n) is 7.36. The first-order valence-corrected chi connectivity index (χ1v) is 7.36. The van der Waals surface area contributed by atoms with Gasteiger partial charge in [0.1, 0.15) is 11.5 Å². The summed E-state index contributed by atoms with van der Waals surface area (Å²) in [4.78, 5) is 23.6. The zero-order chi connectivity index (χ0) is 17.7. The van der Waals surface area contributed by atoms with Crippen LogP contribution in [0.4, 0.5) is 11.4 Å². The monoisotopic (exact) mass is 328 g/mol. The summed E-state index contributed by atoms with van der Waals surface area (Å²) in [6.07, 6.45) is 0. The Morgan fingerprint density at radius 1 is 0.917 bits per heavy atom. The number of ether oxygens (including phenoxy) is 2. The molecule has 0 fully saturated rings. The fourth-order valence-electron chi connectivity index (χ4n) is 2.30. The number of hydrogen-bond acceptors (Lipinski definition) is 4. The molecule has 0 radical (unpaired) electrons. The van der Waals surface area contributed by atoms with E-state index < -0.39 is 0 Å². The minimum atomic E-state index is -0.299. The second-order valence-electron chi connectivity index (χ2n) is 5.22. The molecular formula is C18H20N2O4. The Bertz CT molecular complexity index is 746. The van der Waals surface area contributed by atoms with Crippen LogP contribution in [0.3, 0.4) is 0 Å². The predicted molar refractivity (Wildman–Crippen MR) is 93.0 cm³/mol. The molecule has 0 aliphatic heterocycles. The van der Waals surface area contributed by atoms with Gasteiger partial charge in [-0.3, -0.25) is 9.59 Å². The van der Waals surface area contributed by atoms with Crippen molar-refractivity contribution in [3.63, 3.8) is 0 Å². The molecule has 0 atom stereocenters. The lowest BCUT2D eigenvalue weighted by molar-refractivity contribution is -0.114. The van der Waals surface area contributed by atoms with Crippen LogP contribution in [0.1, 0.15) is 22.8 Å². The summed E-state index contributed by atoms with van der Waals surface area (Å²) in [7, 11) is 3.08. The van der Waals surface area contributed by atoms with Gasteiger partial charge in [0.05, 0.1) is 14.2 Å². The van der Waals surface area contributed by atoms with Gasteiger partial charge in [-0.15, -0.1) is 0 Å². The molecule has 2 amide bonds. The molecule has 0 bridgehead atoms. The lowest BCUT2D eigenvalue weighted by Gasteiger charge is -2.13. The molecular weight excluding hydrogens is 308 g/mol. The second kappa shape index (κ2) is 7.50. The first-order chi connectivity index (χ1) is 11.4. The van der Waals surface area contributed by atoms with Crippen LogP contribution in [-0.2, 0) is 4.79 Å². The molecule has 2 rings (SSSR count). The highest BCUT2D eigenvalue weighted by atomic mass is 16.5. The Morgan fingerprint density at radius 2 is 1.46 bits per heavy atom. The van der Waals surface area contributed by atoms with E-state index in [9.17, 15) is 9.59 Å². The van der Waals surface area contributed by atoms with Gasteiger partial charge in [0.15, 0.2) is 0 Å². The van der Waals surface area contributed by atoms with Crippen LogP contribution in [0, 0.1) is 6.92 Å². The summed E-state index contributed by atoms with van der Waals surface area (Å²) in [6.45, 7) is 3.28. The number of carbonyl (C=O) groups is 2. The van der Waals surface area contributed by atoms with Gasteiger partial charge in [0, 0.05) is 29.4 Å². The number of nitrogens with one attached hydrogen (secondary N) is 2. The predicted octanol–water partition coefficient (Wildman–Crippen LogP) is 3.22. The second-order valence-corrected chi connectivity index (χ2v) is 5.22. The molecule has 6 nitrogen and oxygen atoms in total. The van der Waals surface area contributed by atoms with Crippen LogP contribution in [0.5, 0.6) is 11.5 Å². The Kier molecular flexibility index (Phi) is 5.42. The molecule has 0 aliphatic rings. The highest BCUT2D eigenvalue weighted by molar-refractivity contribution is 6.05. The van der Waals surface area contributed by atoms with Crippen molar-refractivity contribution in [2.45, 2.75) is 13.8 Å². The standard InChI is InChI=1S/C18H20N2O4/c1-11-16(23-3)8-13(9-17(11)24-4)18(22)20-15-7-5-6-14(10-15)19-12(2)21/h5-10H,1-4H3,(H,19,21)(H,20,22). The third kappa shape index (κ3) is 4.04. The van der Waals surface area contributed by atoms with Crippen molar-refractivity contribution in [2.75, 3.05) is 24.9 Å². The van der Waals surface area contributed by atoms with E-state index in [-0.39, 0.29) is 11.8 Å². The number of rotatable bonds is 5. The third-order valence-electron chi connectivity index (χ3n) is 3.46. The van der Waals surface area contributed by atoms with Crippen molar-refractivity contribution in [3.8, 4) is 11.5 Å². The molecule has 0 saturated carbocycles. The largest absolute Gasteiger partial charge is 0.496 e. The zero-order valence-corrected chi connectivity index (χ0v) is 14.1. The highest BCUT2D eigenvalue weighted by Gasteiger charge is 2.14. The molecule has 2 aromatic carbocycles. The Labute approximate surface area is 140 Å². The van der Waals surface area contributed by atoms with E-state index in [1.807, 2.05) is 6.92 Å². The summed E-state index contributed by atoms with van der Waals surface area (Å²) in [5.74, 6) is 0.677. The van der Waals surface area contributed by atoms with Gasteiger partial charge >= 0.3 is 0 Å². The summed E-state index contributed by atoms with van der Waals surface area (Å²) in [6, 6.07) is 10.2. The van der Waals surface area contributed by atoms with Crippen molar-refractivity contribution in [1.29, 1.82) is 0 Å². The fraction of sp³-hybridized carbons (Fsp3) is 0.222. The molecule has 0 spiro atoms. The summed E-state index contributed by atoms with van der Waals surface area (Å²) in [5.41, 5.74) is 2.42. The van der Waals surface area contributed by atoms with Gasteiger partial charge in [-0.2, -0.15) is 0 Å². The molecule has 24 heavy (non-hydrogen) atoms. The van der Waals surface area contributed by atoms with E-state index in [0.717, 1.165) is 5.56 Å². The minimum absolute atomic E-state index is 0.175. The van der Waals surface area contributed by atoms with Crippen molar-refractivity contribution in [3.05, 3.63) is 47.5 Å². The van der Waals surface area contributed by atoms with Crippen molar-refractivity contribution in [1.82, 2.24) is 0 Å². The lowest BCUT2D eigenvalue weighted by atomic mass is 10.1. The van der Waals surface area contributed by atoms with E-state index in [1.165, 1.54) is 6.92 Å². The van der Waals surface area contributed by atoms with Gasteiger partial charge in [0.2, 0.25) is 5.91 Å². The van der Waals surface area contributed by atoms with E-state index in [4.69, 9.17) is 9.47 Å². The van der Waals surface area contributed by atoms with Crippen LogP contribution in [0.25, 0.3) is 0 Å². The van der Waals surface area contributed by atoms with Gasteiger partial charge in [-0.25, -0.2) is 0 Å². The minimum Gasteiger partial charge on any atom is -0.496 e. The van der Waals surface area contributed by atoms with Crippen LogP contribution in [-0.4, -0.2) is 26.0 Å².